The van der Waals surface area contributed by atoms with Crippen LogP contribution in [-0.2, 0) is 4.79 Å². The number of nitrogens with zero attached hydrogens (tertiary/aromatic N) is 1. The number of hydrogen-bond acceptors (Lipinski definition) is 6. The number of rotatable bonds is 9. The first-order chi connectivity index (χ1) is 18.5. The van der Waals surface area contributed by atoms with Gasteiger partial charge >= 0.3 is 5.97 Å². The molecule has 0 radical (unpaired) electrons. The molecule has 0 aliphatic heterocycles. The Balaban J connectivity index is 1.46. The highest BCUT2D eigenvalue weighted by molar-refractivity contribution is 14.1. The van der Waals surface area contributed by atoms with Gasteiger partial charge in [-0.25, -0.2) is 10.2 Å². The second-order valence-corrected chi connectivity index (χ2v) is 9.16. The van der Waals surface area contributed by atoms with E-state index in [1.807, 2.05) is 49.4 Å². The van der Waals surface area contributed by atoms with Crippen molar-refractivity contribution in [2.75, 3.05) is 13.2 Å². The number of hydrogen-bond donors (Lipinski definition) is 2. The quantitative estimate of drug-likeness (QED) is 0.0906. The van der Waals surface area contributed by atoms with Crippen molar-refractivity contribution in [2.24, 2.45) is 5.10 Å². The molecule has 2 amide bonds. The van der Waals surface area contributed by atoms with E-state index in [9.17, 15) is 14.4 Å². The summed E-state index contributed by atoms with van der Waals surface area (Å²) in [5.74, 6) is -0.457. The summed E-state index contributed by atoms with van der Waals surface area (Å²) in [4.78, 5) is 37.5. The van der Waals surface area contributed by atoms with Crippen LogP contribution in [0.25, 0.3) is 10.8 Å². The van der Waals surface area contributed by atoms with E-state index in [-0.39, 0.29) is 18.2 Å². The van der Waals surface area contributed by atoms with Crippen molar-refractivity contribution in [1.29, 1.82) is 0 Å². The number of carbonyl (C=O) groups excluding carboxylic acids is 3. The summed E-state index contributed by atoms with van der Waals surface area (Å²) in [6, 6.07) is 24.8. The summed E-state index contributed by atoms with van der Waals surface area (Å²) in [7, 11) is 0. The van der Waals surface area contributed by atoms with Crippen LogP contribution >= 0.6 is 22.6 Å². The zero-order valence-corrected chi connectivity index (χ0v) is 22.6. The average molecular weight is 621 g/mol. The third-order valence-electron chi connectivity index (χ3n) is 5.45. The van der Waals surface area contributed by atoms with Gasteiger partial charge in [-0.3, -0.25) is 9.59 Å². The van der Waals surface area contributed by atoms with Crippen LogP contribution in [0, 0.1) is 3.57 Å². The van der Waals surface area contributed by atoms with Crippen LogP contribution in [0.4, 0.5) is 0 Å². The number of benzene rings is 4. The Labute approximate surface area is 233 Å². The third kappa shape index (κ3) is 6.74. The van der Waals surface area contributed by atoms with Gasteiger partial charge in [-0.05, 0) is 82.8 Å². The van der Waals surface area contributed by atoms with Gasteiger partial charge in [0.25, 0.3) is 11.8 Å². The molecule has 0 saturated heterocycles. The highest BCUT2D eigenvalue weighted by atomic mass is 127. The van der Waals surface area contributed by atoms with E-state index in [1.54, 1.807) is 42.5 Å². The van der Waals surface area contributed by atoms with Crippen LogP contribution in [0.15, 0.2) is 90.0 Å². The molecule has 0 atom stereocenters. The maximum Gasteiger partial charge on any atom is 0.343 e. The molecule has 0 aromatic heterocycles. The summed E-state index contributed by atoms with van der Waals surface area (Å²) >= 11 is 2.06. The maximum absolute atomic E-state index is 12.8. The number of esters is 1. The Hall–Kier alpha value is -4.25. The molecule has 4 rings (SSSR count). The van der Waals surface area contributed by atoms with Crippen molar-refractivity contribution in [3.8, 4) is 11.5 Å². The van der Waals surface area contributed by atoms with Crippen molar-refractivity contribution in [2.45, 2.75) is 6.92 Å². The summed E-state index contributed by atoms with van der Waals surface area (Å²) in [6.45, 7) is 2.16. The second-order valence-electron chi connectivity index (χ2n) is 8.00. The third-order valence-corrected chi connectivity index (χ3v) is 6.39. The maximum atomic E-state index is 12.8. The Kier molecular flexibility index (Phi) is 9.04. The molecule has 8 nitrogen and oxygen atoms in total. The Morgan fingerprint density at radius 3 is 2.42 bits per heavy atom. The molecule has 2 N–H and O–H groups in total. The van der Waals surface area contributed by atoms with Crippen LogP contribution < -0.4 is 20.2 Å². The lowest BCUT2D eigenvalue weighted by molar-refractivity contribution is -0.120. The van der Waals surface area contributed by atoms with Gasteiger partial charge in [0.2, 0.25) is 0 Å². The average Bonchev–Trinajstić information content (AvgIpc) is 2.93. The number of halogens is 1. The highest BCUT2D eigenvalue weighted by Crippen LogP contribution is 2.27. The van der Waals surface area contributed by atoms with Gasteiger partial charge < -0.3 is 14.8 Å². The number of ether oxygens (including phenoxy) is 2. The number of hydrazone groups is 1. The normalized spacial score (nSPS) is 10.8. The zero-order valence-electron chi connectivity index (χ0n) is 20.4. The molecular formula is C29H24IN3O5. The summed E-state index contributed by atoms with van der Waals surface area (Å²) in [5.41, 5.74) is 3.77. The summed E-state index contributed by atoms with van der Waals surface area (Å²) in [5, 5.41) is 8.32. The molecular weight excluding hydrogens is 597 g/mol. The van der Waals surface area contributed by atoms with Crippen LogP contribution in [0.1, 0.15) is 33.2 Å². The summed E-state index contributed by atoms with van der Waals surface area (Å²) in [6.07, 6.45) is 1.42. The minimum absolute atomic E-state index is 0.254. The molecule has 0 bridgehead atoms. The predicted molar refractivity (Wildman–Crippen MR) is 154 cm³/mol. The van der Waals surface area contributed by atoms with Crippen molar-refractivity contribution < 1.29 is 23.9 Å². The molecule has 0 spiro atoms. The monoisotopic (exact) mass is 621 g/mol. The lowest BCUT2D eigenvalue weighted by atomic mass is 10.0. The van der Waals surface area contributed by atoms with Gasteiger partial charge in [-0.1, -0.05) is 42.5 Å². The van der Waals surface area contributed by atoms with Crippen molar-refractivity contribution >= 4 is 57.4 Å². The number of nitrogens with one attached hydrogen (secondary N) is 2. The molecule has 0 saturated carbocycles. The van der Waals surface area contributed by atoms with Crippen LogP contribution in [0.5, 0.6) is 11.5 Å². The van der Waals surface area contributed by atoms with Crippen LogP contribution in [0.2, 0.25) is 0 Å². The second kappa shape index (κ2) is 12.8. The Morgan fingerprint density at radius 1 is 0.921 bits per heavy atom. The molecule has 9 heteroatoms. The topological polar surface area (TPSA) is 106 Å². The SMILES string of the molecule is CCOc1ccc(C(=O)Oc2ccc3ccccc3c2C=NNC(=O)CNC(=O)c2ccccc2I)cc1. The van der Waals surface area contributed by atoms with E-state index in [2.05, 4.69) is 38.4 Å². The molecule has 0 unspecified atom stereocenters. The molecule has 0 aliphatic rings. The van der Waals surface area contributed by atoms with Gasteiger partial charge in [-0.2, -0.15) is 5.10 Å². The zero-order chi connectivity index (χ0) is 26.9. The van der Waals surface area contributed by atoms with Crippen molar-refractivity contribution in [3.63, 3.8) is 0 Å². The molecule has 38 heavy (non-hydrogen) atoms. The van der Waals surface area contributed by atoms with E-state index < -0.39 is 11.9 Å². The minimum Gasteiger partial charge on any atom is -0.494 e. The number of fused-ring (bicyclic) bond motifs is 1. The Bertz CT molecular complexity index is 1500. The Morgan fingerprint density at radius 2 is 1.66 bits per heavy atom. The van der Waals surface area contributed by atoms with Crippen LogP contribution in [0.3, 0.4) is 0 Å². The van der Waals surface area contributed by atoms with Gasteiger partial charge in [0.15, 0.2) is 0 Å². The van der Waals surface area contributed by atoms with E-state index in [0.29, 0.717) is 29.0 Å². The fourth-order valence-electron chi connectivity index (χ4n) is 3.62. The molecule has 4 aromatic rings. The first-order valence-electron chi connectivity index (χ1n) is 11.8. The fraction of sp³-hybridized carbons (Fsp3) is 0.103. The van der Waals surface area contributed by atoms with Crippen molar-refractivity contribution in [3.05, 3.63) is 105 Å². The fourth-order valence-corrected chi connectivity index (χ4v) is 4.25. The first-order valence-corrected chi connectivity index (χ1v) is 12.9. The van der Waals surface area contributed by atoms with Crippen LogP contribution in [-0.4, -0.2) is 37.1 Å². The molecule has 4 aromatic carbocycles. The predicted octanol–water partition coefficient (Wildman–Crippen LogP) is 4.94. The lowest BCUT2D eigenvalue weighted by Gasteiger charge is -2.11. The minimum atomic E-state index is -0.541. The van der Waals surface area contributed by atoms with E-state index in [1.165, 1.54) is 6.21 Å². The first kappa shape index (κ1) is 26.8. The highest BCUT2D eigenvalue weighted by Gasteiger charge is 2.14. The number of amides is 2. The van der Waals surface area contributed by atoms with Gasteiger partial charge in [0.1, 0.15) is 11.5 Å². The van der Waals surface area contributed by atoms with E-state index >= 15 is 0 Å². The molecule has 0 aliphatic carbocycles. The van der Waals surface area contributed by atoms with E-state index in [4.69, 9.17) is 9.47 Å². The number of carbonyl (C=O) groups is 3. The largest absolute Gasteiger partial charge is 0.494 e. The van der Waals surface area contributed by atoms with Gasteiger partial charge in [-0.15, -0.1) is 0 Å². The smallest absolute Gasteiger partial charge is 0.343 e. The van der Waals surface area contributed by atoms with Gasteiger partial charge in [0.05, 0.1) is 30.5 Å². The molecule has 192 valence electrons. The lowest BCUT2D eigenvalue weighted by Crippen LogP contribution is -2.35. The standard InChI is InChI=1S/C29H24IN3O5/c1-2-37-21-14-11-20(12-15-21)29(36)38-26-16-13-19-7-3-4-8-22(19)24(26)17-32-33-27(34)18-31-28(35)23-9-5-6-10-25(23)30/h3-17H,2,18H2,1H3,(H,31,35)(H,33,34). The van der Waals surface area contributed by atoms with E-state index in [0.717, 1.165) is 14.3 Å². The van der Waals surface area contributed by atoms with Crippen molar-refractivity contribution in [1.82, 2.24) is 10.7 Å². The summed E-state index contributed by atoms with van der Waals surface area (Å²) < 4.78 is 11.9. The molecule has 0 fully saturated rings. The van der Waals surface area contributed by atoms with Gasteiger partial charge in [0, 0.05) is 9.13 Å². The molecule has 0 heterocycles.